The van der Waals surface area contributed by atoms with E-state index in [1.165, 1.54) is 24.8 Å². The van der Waals surface area contributed by atoms with Crippen molar-refractivity contribution in [2.45, 2.75) is 32.6 Å². The minimum atomic E-state index is -0.117. The number of hydrogen-bond donors (Lipinski definition) is 1. The van der Waals surface area contributed by atoms with Gasteiger partial charge in [-0.1, -0.05) is 6.07 Å². The normalized spacial score (nSPS) is 33.5. The number of hydrogen-bond acceptors (Lipinski definition) is 1. The molecule has 2 heteroatoms. The lowest BCUT2D eigenvalue weighted by molar-refractivity contribution is 0.254. The zero-order valence-electron chi connectivity index (χ0n) is 11.3. The Bertz CT molecular complexity index is 444. The van der Waals surface area contributed by atoms with Crippen molar-refractivity contribution in [1.29, 1.82) is 0 Å². The van der Waals surface area contributed by atoms with Crippen LogP contribution in [0.5, 0.6) is 0 Å². The van der Waals surface area contributed by atoms with Crippen molar-refractivity contribution in [3.63, 3.8) is 0 Å². The van der Waals surface area contributed by atoms with E-state index in [4.69, 9.17) is 0 Å². The Kier molecular flexibility index (Phi) is 2.93. The van der Waals surface area contributed by atoms with Gasteiger partial charge in [-0.3, -0.25) is 0 Å². The Balaban J connectivity index is 1.80. The number of halogens is 1. The molecule has 0 aromatic heterocycles. The van der Waals surface area contributed by atoms with E-state index in [0.29, 0.717) is 5.41 Å². The fraction of sp³-hybridized carbons (Fsp3) is 0.625. The molecule has 0 spiro atoms. The molecule has 0 heterocycles. The zero-order chi connectivity index (χ0) is 12.8. The fourth-order valence-corrected chi connectivity index (χ4v) is 3.99. The maximum absolute atomic E-state index is 13.2. The third-order valence-electron chi connectivity index (χ3n) is 4.88. The van der Waals surface area contributed by atoms with Gasteiger partial charge in [-0.2, -0.15) is 0 Å². The van der Waals surface area contributed by atoms with Crippen LogP contribution in [-0.2, 0) is 6.42 Å². The van der Waals surface area contributed by atoms with Gasteiger partial charge in [-0.15, -0.1) is 0 Å². The summed E-state index contributed by atoms with van der Waals surface area (Å²) in [5.74, 6) is 1.85. The molecular weight excluding hydrogens is 225 g/mol. The highest BCUT2D eigenvalue weighted by molar-refractivity contribution is 5.28. The van der Waals surface area contributed by atoms with Crippen molar-refractivity contribution in [2.75, 3.05) is 13.6 Å². The van der Waals surface area contributed by atoms with Crippen LogP contribution in [0.15, 0.2) is 18.2 Å². The number of fused-ring (bicyclic) bond motifs is 1. The molecule has 2 atom stereocenters. The number of aryl methyl sites for hydroxylation is 1. The third kappa shape index (κ3) is 2.18. The van der Waals surface area contributed by atoms with Gasteiger partial charge in [0.15, 0.2) is 0 Å². The fourth-order valence-electron chi connectivity index (χ4n) is 3.99. The van der Waals surface area contributed by atoms with E-state index in [-0.39, 0.29) is 5.82 Å². The number of benzene rings is 1. The SMILES string of the molecule is CNCC1(Cc2ccc(F)cc2C)CC2CC2C1. The maximum Gasteiger partial charge on any atom is 0.123 e. The molecule has 0 aliphatic heterocycles. The summed E-state index contributed by atoms with van der Waals surface area (Å²) in [4.78, 5) is 0. The first-order valence-corrected chi connectivity index (χ1v) is 7.01. The largest absolute Gasteiger partial charge is 0.319 e. The summed E-state index contributed by atoms with van der Waals surface area (Å²) in [7, 11) is 2.04. The van der Waals surface area contributed by atoms with Gasteiger partial charge in [0.05, 0.1) is 0 Å². The monoisotopic (exact) mass is 247 g/mol. The highest BCUT2D eigenvalue weighted by Gasteiger charge is 2.53. The van der Waals surface area contributed by atoms with Gasteiger partial charge >= 0.3 is 0 Å². The molecule has 1 N–H and O–H groups in total. The van der Waals surface area contributed by atoms with Gasteiger partial charge in [-0.25, -0.2) is 4.39 Å². The Labute approximate surface area is 109 Å². The second-order valence-corrected chi connectivity index (χ2v) is 6.44. The average Bonchev–Trinajstić information content (AvgIpc) is 2.92. The van der Waals surface area contributed by atoms with E-state index in [9.17, 15) is 4.39 Å². The van der Waals surface area contributed by atoms with Gasteiger partial charge < -0.3 is 5.32 Å². The predicted octanol–water partition coefficient (Wildman–Crippen LogP) is 3.31. The molecule has 1 nitrogen and oxygen atoms in total. The van der Waals surface area contributed by atoms with Crippen molar-refractivity contribution in [3.05, 3.63) is 35.1 Å². The van der Waals surface area contributed by atoms with E-state index < -0.39 is 0 Å². The highest BCUT2D eigenvalue weighted by Crippen LogP contribution is 2.60. The van der Waals surface area contributed by atoms with Crippen LogP contribution in [0.1, 0.15) is 30.4 Å². The Morgan fingerprint density at radius 2 is 2.06 bits per heavy atom. The summed E-state index contributed by atoms with van der Waals surface area (Å²) < 4.78 is 13.2. The summed E-state index contributed by atoms with van der Waals surface area (Å²) >= 11 is 0. The van der Waals surface area contributed by atoms with Crippen molar-refractivity contribution in [3.8, 4) is 0 Å². The van der Waals surface area contributed by atoms with Crippen LogP contribution >= 0.6 is 0 Å². The van der Waals surface area contributed by atoms with Gasteiger partial charge in [0.2, 0.25) is 0 Å². The Morgan fingerprint density at radius 3 is 2.67 bits per heavy atom. The average molecular weight is 247 g/mol. The first-order valence-electron chi connectivity index (χ1n) is 7.01. The second kappa shape index (κ2) is 4.34. The van der Waals surface area contributed by atoms with Gasteiger partial charge in [0, 0.05) is 6.54 Å². The molecule has 18 heavy (non-hydrogen) atoms. The summed E-state index contributed by atoms with van der Waals surface area (Å²) in [5.41, 5.74) is 2.85. The van der Waals surface area contributed by atoms with Gasteiger partial charge in [-0.05, 0) is 80.2 Å². The molecule has 2 unspecified atom stereocenters. The smallest absolute Gasteiger partial charge is 0.123 e. The third-order valence-corrected chi connectivity index (χ3v) is 4.88. The van der Waals surface area contributed by atoms with E-state index in [2.05, 4.69) is 5.32 Å². The highest BCUT2D eigenvalue weighted by atomic mass is 19.1. The molecule has 0 bridgehead atoms. The van der Waals surface area contributed by atoms with Crippen LogP contribution in [-0.4, -0.2) is 13.6 Å². The minimum Gasteiger partial charge on any atom is -0.319 e. The van der Waals surface area contributed by atoms with Crippen molar-refractivity contribution in [2.24, 2.45) is 17.3 Å². The van der Waals surface area contributed by atoms with Crippen LogP contribution in [0.3, 0.4) is 0 Å². The molecule has 2 aliphatic carbocycles. The van der Waals surface area contributed by atoms with Crippen molar-refractivity contribution >= 4 is 0 Å². The lowest BCUT2D eigenvalue weighted by Gasteiger charge is -2.31. The summed E-state index contributed by atoms with van der Waals surface area (Å²) in [6.45, 7) is 3.12. The van der Waals surface area contributed by atoms with Crippen LogP contribution < -0.4 is 5.32 Å². The summed E-state index contributed by atoms with van der Waals surface area (Å²) in [5, 5.41) is 3.37. The first kappa shape index (κ1) is 12.2. The molecular formula is C16H22FN. The zero-order valence-corrected chi connectivity index (χ0v) is 11.3. The molecule has 0 saturated heterocycles. The minimum absolute atomic E-state index is 0.117. The molecule has 2 fully saturated rings. The molecule has 2 saturated carbocycles. The molecule has 98 valence electrons. The molecule has 0 amide bonds. The second-order valence-electron chi connectivity index (χ2n) is 6.44. The molecule has 1 aromatic rings. The van der Waals surface area contributed by atoms with E-state index in [1.807, 2.05) is 20.0 Å². The van der Waals surface area contributed by atoms with Crippen LogP contribution in [0.4, 0.5) is 4.39 Å². The number of nitrogens with one attached hydrogen (secondary N) is 1. The van der Waals surface area contributed by atoms with Crippen molar-refractivity contribution in [1.82, 2.24) is 5.32 Å². The van der Waals surface area contributed by atoms with Crippen LogP contribution in [0.25, 0.3) is 0 Å². The topological polar surface area (TPSA) is 12.0 Å². The summed E-state index contributed by atoms with van der Waals surface area (Å²) in [6, 6.07) is 5.25. The van der Waals surface area contributed by atoms with Crippen LogP contribution in [0.2, 0.25) is 0 Å². The van der Waals surface area contributed by atoms with Crippen molar-refractivity contribution < 1.29 is 4.39 Å². The molecule has 0 radical (unpaired) electrons. The number of rotatable bonds is 4. The van der Waals surface area contributed by atoms with Crippen LogP contribution in [0, 0.1) is 30.0 Å². The molecule has 2 aliphatic rings. The van der Waals surface area contributed by atoms with E-state index in [0.717, 1.165) is 30.4 Å². The standard InChI is InChI=1S/C16H22FN/c1-11-5-15(17)4-3-12(11)7-16(10-18-2)8-13-6-14(13)9-16/h3-5,13-14,18H,6-10H2,1-2H3. The lowest BCUT2D eigenvalue weighted by Crippen LogP contribution is -2.33. The quantitative estimate of drug-likeness (QED) is 0.860. The Hall–Kier alpha value is -0.890. The maximum atomic E-state index is 13.2. The van der Waals surface area contributed by atoms with Gasteiger partial charge in [0.1, 0.15) is 5.82 Å². The van der Waals surface area contributed by atoms with E-state index >= 15 is 0 Å². The lowest BCUT2D eigenvalue weighted by atomic mass is 9.76. The predicted molar refractivity (Wildman–Crippen MR) is 72.0 cm³/mol. The molecule has 1 aromatic carbocycles. The summed E-state index contributed by atoms with van der Waals surface area (Å²) in [6.07, 6.45) is 5.27. The first-order chi connectivity index (χ1) is 8.62. The van der Waals surface area contributed by atoms with E-state index in [1.54, 1.807) is 12.1 Å². The Morgan fingerprint density at radius 1 is 1.33 bits per heavy atom. The molecule has 3 rings (SSSR count). The van der Waals surface area contributed by atoms with Gasteiger partial charge in [0.25, 0.3) is 0 Å².